The molecular formula is C10H9IN2O. The van der Waals surface area contributed by atoms with Crippen LogP contribution in [0.2, 0.25) is 0 Å². The monoisotopic (exact) mass is 300 g/mol. The molecule has 0 aliphatic heterocycles. The summed E-state index contributed by atoms with van der Waals surface area (Å²) in [5, 5.41) is 1.16. The summed E-state index contributed by atoms with van der Waals surface area (Å²) < 4.78 is 0.952. The maximum atomic E-state index is 10.9. The molecule has 14 heavy (non-hydrogen) atoms. The molecule has 1 aromatic heterocycles. The second kappa shape index (κ2) is 3.61. The Labute approximate surface area is 94.8 Å². The van der Waals surface area contributed by atoms with Crippen LogP contribution in [0.15, 0.2) is 24.4 Å². The Balaban J connectivity index is 2.63. The average Bonchev–Trinajstić information content (AvgIpc) is 2.59. The van der Waals surface area contributed by atoms with Gasteiger partial charge in [0.2, 0.25) is 5.91 Å². The van der Waals surface area contributed by atoms with Gasteiger partial charge in [-0.25, -0.2) is 0 Å². The van der Waals surface area contributed by atoms with Crippen molar-refractivity contribution in [1.29, 1.82) is 0 Å². The fourth-order valence-electron chi connectivity index (χ4n) is 1.45. The normalized spacial score (nSPS) is 10.6. The number of rotatable bonds is 2. The van der Waals surface area contributed by atoms with E-state index in [-0.39, 0.29) is 0 Å². The third kappa shape index (κ3) is 1.50. The summed E-state index contributed by atoms with van der Waals surface area (Å²) in [6.07, 6.45) is 1.96. The van der Waals surface area contributed by atoms with Gasteiger partial charge in [-0.1, -0.05) is 28.7 Å². The highest BCUT2D eigenvalue weighted by Gasteiger charge is 2.05. The summed E-state index contributed by atoms with van der Waals surface area (Å²) in [4.78, 5) is 14.0. The van der Waals surface area contributed by atoms with E-state index in [0.717, 1.165) is 15.3 Å². The molecular weight excluding hydrogens is 291 g/mol. The number of benzene rings is 1. The van der Waals surface area contributed by atoms with Crippen LogP contribution in [-0.2, 0) is 4.43 Å². The van der Waals surface area contributed by atoms with Gasteiger partial charge in [-0.15, -0.1) is 0 Å². The Morgan fingerprint density at radius 2 is 2.29 bits per heavy atom. The lowest BCUT2D eigenvalue weighted by molar-refractivity contribution is 0.100. The maximum Gasteiger partial charge on any atom is 0.248 e. The van der Waals surface area contributed by atoms with E-state index in [1.807, 2.05) is 12.3 Å². The first-order chi connectivity index (χ1) is 6.72. The first-order valence-corrected chi connectivity index (χ1v) is 5.70. The molecule has 3 nitrogen and oxygen atoms in total. The van der Waals surface area contributed by atoms with Gasteiger partial charge in [0.1, 0.15) is 0 Å². The molecule has 0 aliphatic rings. The van der Waals surface area contributed by atoms with Gasteiger partial charge in [-0.2, -0.15) is 0 Å². The lowest BCUT2D eigenvalue weighted by atomic mass is 10.1. The van der Waals surface area contributed by atoms with E-state index in [1.165, 1.54) is 5.56 Å². The van der Waals surface area contributed by atoms with Crippen molar-refractivity contribution in [2.45, 2.75) is 4.43 Å². The van der Waals surface area contributed by atoms with E-state index in [2.05, 4.69) is 27.6 Å². The molecule has 0 unspecified atom stereocenters. The molecule has 0 spiro atoms. The molecule has 0 fully saturated rings. The van der Waals surface area contributed by atoms with Gasteiger partial charge < -0.3 is 10.7 Å². The zero-order chi connectivity index (χ0) is 10.1. The number of alkyl halides is 1. The Bertz CT molecular complexity index is 490. The topological polar surface area (TPSA) is 58.9 Å². The fourth-order valence-corrected chi connectivity index (χ4v) is 2.08. The molecule has 4 heteroatoms. The number of aromatic amines is 1. The minimum absolute atomic E-state index is 0.391. The Morgan fingerprint density at radius 1 is 1.50 bits per heavy atom. The zero-order valence-electron chi connectivity index (χ0n) is 7.38. The lowest BCUT2D eigenvalue weighted by Gasteiger charge is -1.96. The quantitative estimate of drug-likeness (QED) is 0.648. The van der Waals surface area contributed by atoms with Crippen molar-refractivity contribution in [3.8, 4) is 0 Å². The van der Waals surface area contributed by atoms with E-state index in [9.17, 15) is 4.79 Å². The van der Waals surface area contributed by atoms with Crippen LogP contribution >= 0.6 is 22.6 Å². The van der Waals surface area contributed by atoms with Crippen molar-refractivity contribution in [3.05, 3.63) is 35.5 Å². The third-order valence-corrected chi connectivity index (χ3v) is 3.02. The predicted molar refractivity (Wildman–Crippen MR) is 64.5 cm³/mol. The van der Waals surface area contributed by atoms with Crippen molar-refractivity contribution in [1.82, 2.24) is 4.98 Å². The van der Waals surface area contributed by atoms with Crippen molar-refractivity contribution in [2.24, 2.45) is 5.73 Å². The number of fused-ring (bicyclic) bond motifs is 1. The van der Waals surface area contributed by atoms with E-state index in [4.69, 9.17) is 5.73 Å². The molecule has 2 rings (SSSR count). The van der Waals surface area contributed by atoms with Crippen LogP contribution < -0.4 is 5.73 Å². The highest BCUT2D eigenvalue weighted by molar-refractivity contribution is 14.1. The summed E-state index contributed by atoms with van der Waals surface area (Å²) in [5.74, 6) is -0.391. The number of H-pyrrole nitrogens is 1. The number of hydrogen-bond acceptors (Lipinski definition) is 1. The van der Waals surface area contributed by atoms with Gasteiger partial charge in [-0.3, -0.25) is 4.79 Å². The van der Waals surface area contributed by atoms with E-state index in [1.54, 1.807) is 12.1 Å². The predicted octanol–water partition coefficient (Wildman–Crippen LogP) is 2.20. The summed E-state index contributed by atoms with van der Waals surface area (Å²) in [6.45, 7) is 0. The molecule has 0 radical (unpaired) electrons. The number of hydrogen-bond donors (Lipinski definition) is 2. The molecule has 1 amide bonds. The molecule has 0 saturated carbocycles. The number of primary amides is 1. The second-order valence-electron chi connectivity index (χ2n) is 3.07. The summed E-state index contributed by atoms with van der Waals surface area (Å²) in [6, 6.07) is 5.47. The number of carbonyl (C=O) groups excluding carboxylic acids is 1. The van der Waals surface area contributed by atoms with Crippen LogP contribution in [-0.4, -0.2) is 10.9 Å². The Kier molecular flexibility index (Phi) is 2.45. The Morgan fingerprint density at radius 3 is 2.93 bits per heavy atom. The van der Waals surface area contributed by atoms with Crippen LogP contribution in [0, 0.1) is 0 Å². The standard InChI is InChI=1S/C10H9IN2O/c11-4-7-5-13-9-3-6(10(12)14)1-2-8(7)9/h1-3,5,13H,4H2,(H2,12,14). The smallest absolute Gasteiger partial charge is 0.248 e. The zero-order valence-corrected chi connectivity index (χ0v) is 9.54. The van der Waals surface area contributed by atoms with E-state index in [0.29, 0.717) is 5.56 Å². The summed E-state index contributed by atoms with van der Waals surface area (Å²) in [7, 11) is 0. The van der Waals surface area contributed by atoms with Gasteiger partial charge in [0.15, 0.2) is 0 Å². The first-order valence-electron chi connectivity index (χ1n) is 4.18. The molecule has 0 aliphatic carbocycles. The number of aromatic nitrogens is 1. The lowest BCUT2D eigenvalue weighted by Crippen LogP contribution is -2.10. The highest BCUT2D eigenvalue weighted by atomic mass is 127. The van der Waals surface area contributed by atoms with Crippen LogP contribution in [0.1, 0.15) is 15.9 Å². The van der Waals surface area contributed by atoms with Crippen molar-refractivity contribution in [3.63, 3.8) is 0 Å². The van der Waals surface area contributed by atoms with E-state index < -0.39 is 5.91 Å². The van der Waals surface area contributed by atoms with Gasteiger partial charge in [0, 0.05) is 27.1 Å². The van der Waals surface area contributed by atoms with Crippen molar-refractivity contribution >= 4 is 39.4 Å². The maximum absolute atomic E-state index is 10.9. The second-order valence-corrected chi connectivity index (χ2v) is 3.83. The van der Waals surface area contributed by atoms with Gasteiger partial charge in [0.25, 0.3) is 0 Å². The molecule has 1 aromatic carbocycles. The van der Waals surface area contributed by atoms with Crippen LogP contribution in [0.4, 0.5) is 0 Å². The SMILES string of the molecule is NC(=O)c1ccc2c(CI)c[nH]c2c1. The van der Waals surface area contributed by atoms with Crippen LogP contribution in [0.5, 0.6) is 0 Å². The van der Waals surface area contributed by atoms with Gasteiger partial charge in [-0.05, 0) is 17.7 Å². The molecule has 0 saturated heterocycles. The van der Waals surface area contributed by atoms with E-state index >= 15 is 0 Å². The van der Waals surface area contributed by atoms with Crippen LogP contribution in [0.3, 0.4) is 0 Å². The van der Waals surface area contributed by atoms with Crippen molar-refractivity contribution < 1.29 is 4.79 Å². The number of carbonyl (C=O) groups is 1. The third-order valence-electron chi connectivity index (χ3n) is 2.20. The van der Waals surface area contributed by atoms with Gasteiger partial charge in [0.05, 0.1) is 0 Å². The molecule has 72 valence electrons. The number of amides is 1. The average molecular weight is 300 g/mol. The molecule has 2 aromatic rings. The van der Waals surface area contributed by atoms with Crippen LogP contribution in [0.25, 0.3) is 10.9 Å². The number of nitrogens with one attached hydrogen (secondary N) is 1. The summed E-state index contributed by atoms with van der Waals surface area (Å²) in [5.41, 5.74) is 7.94. The molecule has 0 bridgehead atoms. The minimum Gasteiger partial charge on any atom is -0.366 e. The molecule has 0 atom stereocenters. The number of halogens is 1. The molecule has 1 heterocycles. The number of nitrogens with two attached hydrogens (primary N) is 1. The minimum atomic E-state index is -0.391. The Hall–Kier alpha value is -1.04. The highest BCUT2D eigenvalue weighted by Crippen LogP contribution is 2.21. The summed E-state index contributed by atoms with van der Waals surface area (Å²) >= 11 is 2.31. The largest absolute Gasteiger partial charge is 0.366 e. The van der Waals surface area contributed by atoms with Gasteiger partial charge >= 0.3 is 0 Å². The van der Waals surface area contributed by atoms with Crippen molar-refractivity contribution in [2.75, 3.05) is 0 Å². The fraction of sp³-hybridized carbons (Fsp3) is 0.100. The first kappa shape index (κ1) is 9.51. The molecule has 3 N–H and O–H groups in total.